The van der Waals surface area contributed by atoms with Crippen LogP contribution in [0.2, 0.25) is 0 Å². The molecule has 1 aromatic heterocycles. The van der Waals surface area contributed by atoms with Crippen molar-refractivity contribution in [2.45, 2.75) is 26.4 Å². The van der Waals surface area contributed by atoms with Crippen molar-refractivity contribution in [1.82, 2.24) is 15.1 Å². The van der Waals surface area contributed by atoms with Gasteiger partial charge >= 0.3 is 0 Å². The molecule has 0 fully saturated rings. The van der Waals surface area contributed by atoms with Crippen LogP contribution < -0.4 is 5.32 Å². The number of halogens is 2. The van der Waals surface area contributed by atoms with E-state index in [-0.39, 0.29) is 0 Å². The minimum atomic E-state index is -0.825. The Morgan fingerprint density at radius 2 is 2.05 bits per heavy atom. The van der Waals surface area contributed by atoms with Crippen molar-refractivity contribution in [3.63, 3.8) is 0 Å². The average molecular weight is 265 g/mol. The van der Waals surface area contributed by atoms with Crippen molar-refractivity contribution >= 4 is 0 Å². The zero-order valence-corrected chi connectivity index (χ0v) is 10.9. The molecular formula is C14H17F2N3. The number of benzene rings is 1. The van der Waals surface area contributed by atoms with Gasteiger partial charge in [0.15, 0.2) is 11.6 Å². The predicted molar refractivity (Wildman–Crippen MR) is 69.7 cm³/mol. The molecule has 2 rings (SSSR count). The van der Waals surface area contributed by atoms with Gasteiger partial charge in [-0.15, -0.1) is 0 Å². The molecule has 1 aromatic carbocycles. The van der Waals surface area contributed by atoms with Gasteiger partial charge in [0, 0.05) is 12.7 Å². The minimum Gasteiger partial charge on any atom is -0.311 e. The van der Waals surface area contributed by atoms with Crippen molar-refractivity contribution in [2.75, 3.05) is 6.54 Å². The van der Waals surface area contributed by atoms with Crippen LogP contribution in [0.1, 0.15) is 24.6 Å². The van der Waals surface area contributed by atoms with Gasteiger partial charge in [-0.3, -0.25) is 4.68 Å². The third-order valence-electron chi connectivity index (χ3n) is 2.76. The van der Waals surface area contributed by atoms with E-state index in [1.807, 2.05) is 12.3 Å². The maximum absolute atomic E-state index is 13.1. The Kier molecular flexibility index (Phi) is 4.63. The molecule has 102 valence electrons. The second kappa shape index (κ2) is 6.43. The molecule has 0 aliphatic rings. The number of hydrogen-bond acceptors (Lipinski definition) is 2. The Morgan fingerprint density at radius 1 is 1.21 bits per heavy atom. The Bertz CT molecular complexity index is 537. The number of rotatable bonds is 6. The molecule has 0 atom stereocenters. The Hall–Kier alpha value is -1.75. The molecule has 3 nitrogen and oxygen atoms in total. The van der Waals surface area contributed by atoms with Crippen molar-refractivity contribution in [1.29, 1.82) is 0 Å². The SMILES string of the molecule is CCCNCc1ccn(Cc2ccc(F)c(F)c2)n1. The topological polar surface area (TPSA) is 29.9 Å². The van der Waals surface area contributed by atoms with E-state index in [2.05, 4.69) is 17.3 Å². The zero-order valence-electron chi connectivity index (χ0n) is 10.9. The van der Waals surface area contributed by atoms with Gasteiger partial charge in [-0.25, -0.2) is 8.78 Å². The fraction of sp³-hybridized carbons (Fsp3) is 0.357. The molecule has 0 saturated heterocycles. The Balaban J connectivity index is 1.97. The van der Waals surface area contributed by atoms with E-state index in [1.165, 1.54) is 6.07 Å². The predicted octanol–water partition coefficient (Wildman–Crippen LogP) is 2.71. The van der Waals surface area contributed by atoms with Gasteiger partial charge in [0.2, 0.25) is 0 Å². The highest BCUT2D eigenvalue weighted by Gasteiger charge is 2.04. The lowest BCUT2D eigenvalue weighted by Crippen LogP contribution is -2.14. The van der Waals surface area contributed by atoms with E-state index in [9.17, 15) is 8.78 Å². The lowest BCUT2D eigenvalue weighted by atomic mass is 10.2. The Labute approximate surface area is 111 Å². The first-order valence-corrected chi connectivity index (χ1v) is 6.36. The molecule has 19 heavy (non-hydrogen) atoms. The van der Waals surface area contributed by atoms with Gasteiger partial charge in [-0.1, -0.05) is 13.0 Å². The summed E-state index contributed by atoms with van der Waals surface area (Å²) in [5.41, 5.74) is 1.63. The first-order chi connectivity index (χ1) is 9.19. The third-order valence-corrected chi connectivity index (χ3v) is 2.76. The highest BCUT2D eigenvalue weighted by molar-refractivity contribution is 5.18. The number of aromatic nitrogens is 2. The number of nitrogens with one attached hydrogen (secondary N) is 1. The van der Waals surface area contributed by atoms with E-state index >= 15 is 0 Å². The van der Waals surface area contributed by atoms with E-state index in [4.69, 9.17) is 0 Å². The molecule has 2 aromatic rings. The molecule has 0 radical (unpaired) electrons. The summed E-state index contributed by atoms with van der Waals surface area (Å²) in [5.74, 6) is -1.65. The second-order valence-electron chi connectivity index (χ2n) is 4.43. The minimum absolute atomic E-state index is 0.435. The lowest BCUT2D eigenvalue weighted by molar-refractivity contribution is 0.505. The maximum atomic E-state index is 13.1. The second-order valence-corrected chi connectivity index (χ2v) is 4.43. The van der Waals surface area contributed by atoms with Crippen LogP contribution in [0.3, 0.4) is 0 Å². The van der Waals surface area contributed by atoms with E-state index in [1.54, 1.807) is 10.7 Å². The summed E-state index contributed by atoms with van der Waals surface area (Å²) < 4.78 is 27.6. The summed E-state index contributed by atoms with van der Waals surface area (Å²) in [6, 6.07) is 5.82. The fourth-order valence-corrected chi connectivity index (χ4v) is 1.80. The molecule has 1 N–H and O–H groups in total. The van der Waals surface area contributed by atoms with Crippen LogP contribution in [0.15, 0.2) is 30.5 Å². The van der Waals surface area contributed by atoms with Crippen LogP contribution in [-0.2, 0) is 13.1 Å². The van der Waals surface area contributed by atoms with Gasteiger partial charge in [-0.2, -0.15) is 5.10 Å². The number of nitrogens with zero attached hydrogens (tertiary/aromatic N) is 2. The molecule has 1 heterocycles. The van der Waals surface area contributed by atoms with Crippen molar-refractivity contribution in [3.05, 3.63) is 53.4 Å². The molecule has 5 heteroatoms. The first-order valence-electron chi connectivity index (χ1n) is 6.36. The standard InChI is InChI=1S/C14H17F2N3/c1-2-6-17-9-12-5-7-19(18-12)10-11-3-4-13(15)14(16)8-11/h3-5,7-8,17H,2,6,9-10H2,1H3. The van der Waals surface area contributed by atoms with Crippen LogP contribution in [0.25, 0.3) is 0 Å². The average Bonchev–Trinajstić information content (AvgIpc) is 2.82. The van der Waals surface area contributed by atoms with Crippen LogP contribution in [0.4, 0.5) is 8.78 Å². The van der Waals surface area contributed by atoms with Crippen LogP contribution in [0.5, 0.6) is 0 Å². The van der Waals surface area contributed by atoms with Gasteiger partial charge in [-0.05, 0) is 36.7 Å². The molecule has 0 unspecified atom stereocenters. The van der Waals surface area contributed by atoms with Gasteiger partial charge < -0.3 is 5.32 Å². The smallest absolute Gasteiger partial charge is 0.159 e. The monoisotopic (exact) mass is 265 g/mol. The summed E-state index contributed by atoms with van der Waals surface area (Å²) in [6.07, 6.45) is 2.92. The third kappa shape index (κ3) is 3.86. The molecule has 0 aliphatic carbocycles. The lowest BCUT2D eigenvalue weighted by Gasteiger charge is -2.03. The summed E-state index contributed by atoms with van der Waals surface area (Å²) in [7, 11) is 0. The molecule has 0 amide bonds. The quantitative estimate of drug-likeness (QED) is 0.814. The molecule has 0 aliphatic heterocycles. The van der Waals surface area contributed by atoms with Gasteiger partial charge in [0.25, 0.3) is 0 Å². The van der Waals surface area contributed by atoms with Crippen LogP contribution >= 0.6 is 0 Å². The maximum Gasteiger partial charge on any atom is 0.159 e. The van der Waals surface area contributed by atoms with Crippen molar-refractivity contribution in [2.24, 2.45) is 0 Å². The van der Waals surface area contributed by atoms with Crippen molar-refractivity contribution in [3.8, 4) is 0 Å². The van der Waals surface area contributed by atoms with E-state index in [0.717, 1.165) is 31.3 Å². The van der Waals surface area contributed by atoms with Crippen molar-refractivity contribution < 1.29 is 8.78 Å². The number of hydrogen-bond donors (Lipinski definition) is 1. The summed E-state index contributed by atoms with van der Waals surface area (Å²) in [4.78, 5) is 0. The van der Waals surface area contributed by atoms with E-state index < -0.39 is 11.6 Å². The molecular weight excluding hydrogens is 248 g/mol. The van der Waals surface area contributed by atoms with Gasteiger partial charge in [0.1, 0.15) is 0 Å². The summed E-state index contributed by atoms with van der Waals surface area (Å²) in [6.45, 7) is 4.22. The summed E-state index contributed by atoms with van der Waals surface area (Å²) >= 11 is 0. The van der Waals surface area contributed by atoms with Crippen LogP contribution in [-0.4, -0.2) is 16.3 Å². The van der Waals surface area contributed by atoms with Gasteiger partial charge in [0.05, 0.1) is 12.2 Å². The zero-order chi connectivity index (χ0) is 13.7. The molecule has 0 spiro atoms. The van der Waals surface area contributed by atoms with E-state index in [0.29, 0.717) is 12.1 Å². The fourth-order valence-electron chi connectivity index (χ4n) is 1.80. The largest absolute Gasteiger partial charge is 0.311 e. The summed E-state index contributed by atoms with van der Waals surface area (Å²) in [5, 5.41) is 7.63. The normalized spacial score (nSPS) is 10.9. The molecule has 0 saturated carbocycles. The Morgan fingerprint density at radius 3 is 2.79 bits per heavy atom. The molecule has 0 bridgehead atoms. The highest BCUT2D eigenvalue weighted by Crippen LogP contribution is 2.10. The van der Waals surface area contributed by atoms with Crippen LogP contribution in [0, 0.1) is 11.6 Å². The first kappa shape index (κ1) is 13.7. The highest BCUT2D eigenvalue weighted by atomic mass is 19.2.